The lowest BCUT2D eigenvalue weighted by Gasteiger charge is -2.27. The Labute approximate surface area is 86.5 Å². The van der Waals surface area contributed by atoms with E-state index in [1.165, 1.54) is 25.7 Å². The maximum Gasteiger partial charge on any atom is 0.0894 e. The molecule has 84 valence electrons. The number of nitrogens with one attached hydrogen (secondary N) is 1. The monoisotopic (exact) mass is 201 g/mol. The van der Waals surface area contributed by atoms with Crippen molar-refractivity contribution >= 4 is 0 Å². The Morgan fingerprint density at radius 3 is 2.86 bits per heavy atom. The van der Waals surface area contributed by atoms with Crippen molar-refractivity contribution < 1.29 is 10.2 Å². The highest BCUT2D eigenvalue weighted by molar-refractivity contribution is 4.72. The first-order valence-corrected chi connectivity index (χ1v) is 5.72. The summed E-state index contributed by atoms with van der Waals surface area (Å²) < 4.78 is 0. The highest BCUT2D eigenvalue weighted by Gasteiger charge is 2.18. The first kappa shape index (κ1) is 12.0. The maximum atomic E-state index is 9.13. The fourth-order valence-electron chi connectivity index (χ4n) is 2.26. The minimum atomic E-state index is -0.601. The Morgan fingerprint density at radius 1 is 1.43 bits per heavy atom. The summed E-state index contributed by atoms with van der Waals surface area (Å²) in [6, 6.07) is 0. The van der Waals surface area contributed by atoms with Gasteiger partial charge in [0.1, 0.15) is 0 Å². The molecule has 0 aliphatic heterocycles. The summed E-state index contributed by atoms with van der Waals surface area (Å²) >= 11 is 0. The zero-order chi connectivity index (χ0) is 10.4. The van der Waals surface area contributed by atoms with Crippen molar-refractivity contribution in [1.29, 1.82) is 0 Å². The third-order valence-electron chi connectivity index (χ3n) is 3.07. The molecule has 2 unspecified atom stereocenters. The van der Waals surface area contributed by atoms with Crippen LogP contribution in [0.25, 0.3) is 0 Å². The minimum Gasteiger partial charge on any atom is -0.394 e. The maximum absolute atomic E-state index is 9.13. The Bertz CT molecular complexity index is 152. The molecule has 0 bridgehead atoms. The second-order valence-electron chi connectivity index (χ2n) is 4.63. The van der Waals surface area contributed by atoms with Gasteiger partial charge in [0.25, 0.3) is 0 Å². The molecule has 0 aromatic carbocycles. The number of rotatable bonds is 5. The molecule has 1 fully saturated rings. The van der Waals surface area contributed by atoms with Gasteiger partial charge in [0.05, 0.1) is 12.7 Å². The van der Waals surface area contributed by atoms with Gasteiger partial charge in [-0.15, -0.1) is 0 Å². The van der Waals surface area contributed by atoms with E-state index in [9.17, 15) is 0 Å². The van der Waals surface area contributed by atoms with E-state index in [2.05, 4.69) is 12.2 Å². The molecule has 1 aliphatic rings. The normalized spacial score (nSPS) is 30.2. The molecule has 3 atom stereocenters. The van der Waals surface area contributed by atoms with Crippen LogP contribution in [0.15, 0.2) is 0 Å². The Balaban J connectivity index is 2.05. The summed E-state index contributed by atoms with van der Waals surface area (Å²) in [5.74, 6) is 1.63. The first-order chi connectivity index (χ1) is 6.72. The summed E-state index contributed by atoms with van der Waals surface area (Å²) in [6.45, 7) is 3.67. The van der Waals surface area contributed by atoms with Gasteiger partial charge in [-0.25, -0.2) is 0 Å². The summed E-state index contributed by atoms with van der Waals surface area (Å²) in [5, 5.41) is 21.0. The Hall–Kier alpha value is -0.120. The number of hydrogen-bond donors (Lipinski definition) is 3. The Morgan fingerprint density at radius 2 is 2.21 bits per heavy atom. The van der Waals surface area contributed by atoms with Crippen molar-refractivity contribution in [3.8, 4) is 0 Å². The summed E-state index contributed by atoms with van der Waals surface area (Å²) in [4.78, 5) is 0. The van der Waals surface area contributed by atoms with Crippen molar-refractivity contribution in [1.82, 2.24) is 5.32 Å². The van der Waals surface area contributed by atoms with Crippen LogP contribution in [-0.2, 0) is 0 Å². The van der Waals surface area contributed by atoms with Gasteiger partial charge in [0, 0.05) is 6.54 Å². The largest absolute Gasteiger partial charge is 0.394 e. The molecule has 1 aliphatic carbocycles. The van der Waals surface area contributed by atoms with E-state index < -0.39 is 6.10 Å². The third-order valence-corrected chi connectivity index (χ3v) is 3.07. The van der Waals surface area contributed by atoms with Crippen LogP contribution < -0.4 is 5.32 Å². The number of hydrogen-bond acceptors (Lipinski definition) is 3. The van der Waals surface area contributed by atoms with Crippen LogP contribution in [0.3, 0.4) is 0 Å². The van der Waals surface area contributed by atoms with Gasteiger partial charge in [-0.1, -0.05) is 19.8 Å². The van der Waals surface area contributed by atoms with Crippen LogP contribution >= 0.6 is 0 Å². The van der Waals surface area contributed by atoms with Crippen molar-refractivity contribution in [3.63, 3.8) is 0 Å². The SMILES string of the molecule is CC1CCCC(CNC[C@H](O)CO)C1. The zero-order valence-corrected chi connectivity index (χ0v) is 9.08. The molecule has 0 radical (unpaired) electrons. The van der Waals surface area contributed by atoms with Crippen LogP contribution in [-0.4, -0.2) is 36.0 Å². The number of aliphatic hydroxyl groups excluding tert-OH is 2. The second-order valence-corrected chi connectivity index (χ2v) is 4.63. The highest BCUT2D eigenvalue weighted by atomic mass is 16.3. The average molecular weight is 201 g/mol. The smallest absolute Gasteiger partial charge is 0.0894 e. The van der Waals surface area contributed by atoms with Gasteiger partial charge in [-0.3, -0.25) is 0 Å². The second kappa shape index (κ2) is 6.38. The summed E-state index contributed by atoms with van der Waals surface area (Å²) in [7, 11) is 0. The van der Waals surface area contributed by atoms with Gasteiger partial charge in [-0.2, -0.15) is 0 Å². The molecule has 0 saturated heterocycles. The van der Waals surface area contributed by atoms with Crippen molar-refractivity contribution in [2.24, 2.45) is 11.8 Å². The standard InChI is InChI=1S/C11H23NO2/c1-9-3-2-4-10(5-9)6-12-7-11(14)8-13/h9-14H,2-8H2,1H3/t9?,10?,11-/m0/s1. The molecule has 14 heavy (non-hydrogen) atoms. The molecule has 0 amide bonds. The molecular formula is C11H23NO2. The van der Waals surface area contributed by atoms with Gasteiger partial charge >= 0.3 is 0 Å². The molecule has 0 aromatic rings. The van der Waals surface area contributed by atoms with Crippen LogP contribution in [0.5, 0.6) is 0 Å². The highest BCUT2D eigenvalue weighted by Crippen LogP contribution is 2.27. The molecular weight excluding hydrogens is 178 g/mol. The lowest BCUT2D eigenvalue weighted by molar-refractivity contribution is 0.0926. The van der Waals surface area contributed by atoms with Crippen LogP contribution in [0.1, 0.15) is 32.6 Å². The average Bonchev–Trinajstić information content (AvgIpc) is 2.17. The predicted octanol–water partition coefficient (Wildman–Crippen LogP) is 0.755. The summed E-state index contributed by atoms with van der Waals surface area (Å²) in [5.41, 5.74) is 0. The quantitative estimate of drug-likeness (QED) is 0.615. The van der Waals surface area contributed by atoms with E-state index in [1.807, 2.05) is 0 Å². The van der Waals surface area contributed by atoms with Gasteiger partial charge in [0.15, 0.2) is 0 Å². The first-order valence-electron chi connectivity index (χ1n) is 5.72. The van der Waals surface area contributed by atoms with Crippen LogP contribution in [0.4, 0.5) is 0 Å². The van der Waals surface area contributed by atoms with Crippen molar-refractivity contribution in [2.45, 2.75) is 38.7 Å². The van der Waals surface area contributed by atoms with E-state index in [0.29, 0.717) is 6.54 Å². The van der Waals surface area contributed by atoms with E-state index in [4.69, 9.17) is 10.2 Å². The van der Waals surface area contributed by atoms with E-state index in [-0.39, 0.29) is 6.61 Å². The van der Waals surface area contributed by atoms with E-state index >= 15 is 0 Å². The van der Waals surface area contributed by atoms with Gasteiger partial charge in [-0.05, 0) is 31.2 Å². The topological polar surface area (TPSA) is 52.5 Å². The number of aliphatic hydroxyl groups is 2. The third kappa shape index (κ3) is 4.40. The molecule has 1 rings (SSSR count). The van der Waals surface area contributed by atoms with E-state index in [0.717, 1.165) is 18.4 Å². The molecule has 3 nitrogen and oxygen atoms in total. The van der Waals surface area contributed by atoms with Crippen molar-refractivity contribution in [2.75, 3.05) is 19.7 Å². The lowest BCUT2D eigenvalue weighted by Crippen LogP contribution is -2.34. The van der Waals surface area contributed by atoms with Gasteiger partial charge < -0.3 is 15.5 Å². The van der Waals surface area contributed by atoms with Crippen molar-refractivity contribution in [3.05, 3.63) is 0 Å². The minimum absolute atomic E-state index is 0.145. The molecule has 0 aromatic heterocycles. The summed E-state index contributed by atoms with van der Waals surface area (Å²) in [6.07, 6.45) is 4.73. The van der Waals surface area contributed by atoms with Crippen LogP contribution in [0.2, 0.25) is 0 Å². The lowest BCUT2D eigenvalue weighted by atomic mass is 9.82. The van der Waals surface area contributed by atoms with Gasteiger partial charge in [0.2, 0.25) is 0 Å². The zero-order valence-electron chi connectivity index (χ0n) is 9.08. The molecule has 3 N–H and O–H groups in total. The fraction of sp³-hybridized carbons (Fsp3) is 1.00. The Kier molecular flexibility index (Phi) is 5.45. The molecule has 0 heterocycles. The predicted molar refractivity (Wildman–Crippen MR) is 57.1 cm³/mol. The fourth-order valence-corrected chi connectivity index (χ4v) is 2.26. The molecule has 0 spiro atoms. The van der Waals surface area contributed by atoms with E-state index in [1.54, 1.807) is 0 Å². The molecule has 3 heteroatoms. The van der Waals surface area contributed by atoms with Crippen LogP contribution in [0, 0.1) is 11.8 Å². The molecule has 1 saturated carbocycles.